The van der Waals surface area contributed by atoms with Crippen molar-refractivity contribution in [3.63, 3.8) is 0 Å². The van der Waals surface area contributed by atoms with Gasteiger partial charge in [0, 0.05) is 11.7 Å². The van der Waals surface area contributed by atoms with Crippen molar-refractivity contribution < 1.29 is 0 Å². The molecular formula is C19H32N2S. The average Bonchev–Trinajstić information content (AvgIpc) is 2.44. The fourth-order valence-corrected chi connectivity index (χ4v) is 2.95. The summed E-state index contributed by atoms with van der Waals surface area (Å²) in [6.07, 6.45) is 3.61. The van der Waals surface area contributed by atoms with E-state index in [0.717, 1.165) is 11.5 Å². The van der Waals surface area contributed by atoms with E-state index in [4.69, 9.17) is 12.2 Å². The normalized spacial score (nSPS) is 12.5. The number of para-hydroxylation sites is 1. The van der Waals surface area contributed by atoms with Gasteiger partial charge in [-0.05, 0) is 48.5 Å². The molecule has 0 aliphatic heterocycles. The first-order chi connectivity index (χ1) is 10.4. The minimum Gasteiger partial charge on any atom is -0.360 e. The predicted octanol–water partition coefficient (Wildman–Crippen LogP) is 5.80. The average molecular weight is 321 g/mol. The molecule has 2 nitrogen and oxygen atoms in total. The zero-order valence-corrected chi connectivity index (χ0v) is 15.8. The van der Waals surface area contributed by atoms with Crippen LogP contribution in [-0.2, 0) is 0 Å². The number of benzene rings is 1. The van der Waals surface area contributed by atoms with Crippen molar-refractivity contribution >= 4 is 23.0 Å². The first-order valence-corrected chi connectivity index (χ1v) is 8.97. The van der Waals surface area contributed by atoms with Crippen LogP contribution in [0, 0.1) is 0 Å². The van der Waals surface area contributed by atoms with Gasteiger partial charge in [0.1, 0.15) is 0 Å². The number of anilines is 1. The van der Waals surface area contributed by atoms with E-state index in [0.29, 0.717) is 17.9 Å². The Morgan fingerprint density at radius 1 is 1.05 bits per heavy atom. The van der Waals surface area contributed by atoms with Crippen molar-refractivity contribution in [1.29, 1.82) is 0 Å². The standard InChI is InChI=1S/C19H32N2S/c1-7-8-10-15(6)20-19(22)21-18-16(13(2)3)11-9-12-17(18)14(4)5/h9,11-15H,7-8,10H2,1-6H3,(H2,20,21,22). The van der Waals surface area contributed by atoms with E-state index in [1.807, 2.05) is 0 Å². The van der Waals surface area contributed by atoms with Gasteiger partial charge in [0.2, 0.25) is 0 Å². The lowest BCUT2D eigenvalue weighted by molar-refractivity contribution is 0.573. The zero-order chi connectivity index (χ0) is 16.7. The summed E-state index contributed by atoms with van der Waals surface area (Å²) in [5, 5.41) is 7.62. The smallest absolute Gasteiger partial charge is 0.171 e. The van der Waals surface area contributed by atoms with E-state index in [1.165, 1.54) is 29.7 Å². The highest BCUT2D eigenvalue weighted by atomic mass is 32.1. The molecule has 22 heavy (non-hydrogen) atoms. The number of hydrogen-bond donors (Lipinski definition) is 2. The van der Waals surface area contributed by atoms with Gasteiger partial charge in [0.05, 0.1) is 0 Å². The minimum absolute atomic E-state index is 0.411. The number of unbranched alkanes of at least 4 members (excludes halogenated alkanes) is 1. The van der Waals surface area contributed by atoms with Crippen LogP contribution < -0.4 is 10.6 Å². The summed E-state index contributed by atoms with van der Waals surface area (Å²) in [5.74, 6) is 0.947. The molecule has 1 aromatic carbocycles. The van der Waals surface area contributed by atoms with Crippen LogP contribution in [0.3, 0.4) is 0 Å². The van der Waals surface area contributed by atoms with Crippen LogP contribution in [0.1, 0.15) is 83.8 Å². The molecule has 2 N–H and O–H groups in total. The molecule has 0 amide bonds. The molecule has 0 aliphatic carbocycles. The molecule has 1 aromatic rings. The van der Waals surface area contributed by atoms with Crippen molar-refractivity contribution in [2.45, 2.75) is 78.7 Å². The lowest BCUT2D eigenvalue weighted by Gasteiger charge is -2.23. The summed E-state index contributed by atoms with van der Waals surface area (Å²) in [7, 11) is 0. The Hall–Kier alpha value is -1.09. The third kappa shape index (κ3) is 5.60. The molecule has 0 heterocycles. The van der Waals surface area contributed by atoms with E-state index >= 15 is 0 Å². The van der Waals surface area contributed by atoms with Crippen molar-refractivity contribution in [1.82, 2.24) is 5.32 Å². The van der Waals surface area contributed by atoms with Crippen LogP contribution in [0.4, 0.5) is 5.69 Å². The molecule has 124 valence electrons. The minimum atomic E-state index is 0.411. The quantitative estimate of drug-likeness (QED) is 0.621. The third-order valence-corrected chi connectivity index (χ3v) is 4.20. The largest absolute Gasteiger partial charge is 0.360 e. The SMILES string of the molecule is CCCCC(C)NC(=S)Nc1c(C(C)C)cccc1C(C)C. The maximum atomic E-state index is 5.53. The summed E-state index contributed by atoms with van der Waals surface area (Å²) < 4.78 is 0. The molecule has 0 spiro atoms. The lowest BCUT2D eigenvalue weighted by atomic mass is 9.93. The molecule has 0 saturated carbocycles. The molecular weight excluding hydrogens is 288 g/mol. The second-order valence-corrected chi connectivity index (χ2v) is 7.17. The molecule has 1 unspecified atom stereocenters. The first kappa shape index (κ1) is 19.0. The molecule has 0 saturated heterocycles. The van der Waals surface area contributed by atoms with Crippen LogP contribution in [0.2, 0.25) is 0 Å². The van der Waals surface area contributed by atoms with E-state index < -0.39 is 0 Å². The second-order valence-electron chi connectivity index (χ2n) is 6.76. The van der Waals surface area contributed by atoms with Gasteiger partial charge in [-0.3, -0.25) is 0 Å². The highest BCUT2D eigenvalue weighted by molar-refractivity contribution is 7.80. The van der Waals surface area contributed by atoms with Gasteiger partial charge in [-0.2, -0.15) is 0 Å². The summed E-state index contributed by atoms with van der Waals surface area (Å²) >= 11 is 5.53. The van der Waals surface area contributed by atoms with E-state index in [2.05, 4.69) is 70.4 Å². The van der Waals surface area contributed by atoms with E-state index in [-0.39, 0.29) is 0 Å². The number of rotatable bonds is 7. The van der Waals surface area contributed by atoms with Gasteiger partial charge in [-0.15, -0.1) is 0 Å². The van der Waals surface area contributed by atoms with Crippen LogP contribution in [0.5, 0.6) is 0 Å². The van der Waals surface area contributed by atoms with Gasteiger partial charge in [0.25, 0.3) is 0 Å². The zero-order valence-electron chi connectivity index (χ0n) is 15.0. The van der Waals surface area contributed by atoms with Gasteiger partial charge in [-0.1, -0.05) is 65.7 Å². The monoisotopic (exact) mass is 320 g/mol. The fraction of sp³-hybridized carbons (Fsp3) is 0.632. The van der Waals surface area contributed by atoms with Gasteiger partial charge in [-0.25, -0.2) is 0 Å². The van der Waals surface area contributed by atoms with Crippen LogP contribution in [0.25, 0.3) is 0 Å². The number of nitrogens with one attached hydrogen (secondary N) is 2. The van der Waals surface area contributed by atoms with Crippen molar-refractivity contribution in [3.05, 3.63) is 29.3 Å². The van der Waals surface area contributed by atoms with Crippen molar-refractivity contribution in [3.8, 4) is 0 Å². The Kier molecular flexibility index (Phi) is 7.88. The maximum Gasteiger partial charge on any atom is 0.171 e. The van der Waals surface area contributed by atoms with Crippen LogP contribution in [0.15, 0.2) is 18.2 Å². The summed E-state index contributed by atoms with van der Waals surface area (Å²) in [5.41, 5.74) is 3.85. The Morgan fingerprint density at radius 3 is 2.05 bits per heavy atom. The Morgan fingerprint density at radius 2 is 1.59 bits per heavy atom. The highest BCUT2D eigenvalue weighted by Gasteiger charge is 2.15. The van der Waals surface area contributed by atoms with Crippen LogP contribution in [-0.4, -0.2) is 11.2 Å². The van der Waals surface area contributed by atoms with Gasteiger partial charge >= 0.3 is 0 Å². The summed E-state index contributed by atoms with van der Waals surface area (Å²) in [4.78, 5) is 0. The third-order valence-electron chi connectivity index (χ3n) is 3.98. The van der Waals surface area contributed by atoms with E-state index in [9.17, 15) is 0 Å². The highest BCUT2D eigenvalue weighted by Crippen LogP contribution is 2.32. The Labute approximate surface area is 142 Å². The second kappa shape index (κ2) is 9.14. The summed E-state index contributed by atoms with van der Waals surface area (Å²) in [6.45, 7) is 13.3. The number of thiocarbonyl (C=S) groups is 1. The number of hydrogen-bond acceptors (Lipinski definition) is 1. The molecule has 1 atom stereocenters. The predicted molar refractivity (Wildman–Crippen MR) is 103 cm³/mol. The first-order valence-electron chi connectivity index (χ1n) is 8.57. The van der Waals surface area contributed by atoms with Crippen LogP contribution >= 0.6 is 12.2 Å². The lowest BCUT2D eigenvalue weighted by Crippen LogP contribution is -2.36. The Balaban J connectivity index is 2.89. The molecule has 0 aromatic heterocycles. The molecule has 1 rings (SSSR count). The maximum absolute atomic E-state index is 5.53. The fourth-order valence-electron chi connectivity index (χ4n) is 2.65. The Bertz CT molecular complexity index is 454. The molecule has 0 radical (unpaired) electrons. The topological polar surface area (TPSA) is 24.1 Å². The van der Waals surface area contributed by atoms with E-state index in [1.54, 1.807) is 0 Å². The molecule has 3 heteroatoms. The molecule has 0 aliphatic rings. The molecule has 0 fully saturated rings. The van der Waals surface area contributed by atoms with Gasteiger partial charge < -0.3 is 10.6 Å². The van der Waals surface area contributed by atoms with Gasteiger partial charge in [0.15, 0.2) is 5.11 Å². The van der Waals surface area contributed by atoms with Crippen molar-refractivity contribution in [2.75, 3.05) is 5.32 Å². The molecule has 0 bridgehead atoms. The van der Waals surface area contributed by atoms with Crippen molar-refractivity contribution in [2.24, 2.45) is 0 Å². The summed E-state index contributed by atoms with van der Waals surface area (Å²) in [6, 6.07) is 6.95.